The highest BCUT2D eigenvalue weighted by Crippen LogP contribution is 2.24. The molecule has 2 rings (SSSR count). The lowest BCUT2D eigenvalue weighted by atomic mass is 10.1. The van der Waals surface area contributed by atoms with Gasteiger partial charge in [-0.2, -0.15) is 0 Å². The summed E-state index contributed by atoms with van der Waals surface area (Å²) in [6.45, 7) is 0. The minimum absolute atomic E-state index is 0.295. The van der Waals surface area contributed by atoms with Crippen LogP contribution in [0.3, 0.4) is 0 Å². The van der Waals surface area contributed by atoms with Crippen LogP contribution in [0.1, 0.15) is 10.5 Å². The van der Waals surface area contributed by atoms with Crippen molar-refractivity contribution in [3.63, 3.8) is 0 Å². The minimum Gasteiger partial charge on any atom is -0.377 e. The molecule has 0 aliphatic rings. The van der Waals surface area contributed by atoms with E-state index in [0.29, 0.717) is 5.69 Å². The predicted molar refractivity (Wildman–Crippen MR) is 64.6 cm³/mol. The molecule has 0 saturated heterocycles. The van der Waals surface area contributed by atoms with Gasteiger partial charge in [-0.05, 0) is 24.3 Å². The summed E-state index contributed by atoms with van der Waals surface area (Å²) in [7, 11) is 3.94. The van der Waals surface area contributed by atoms with Gasteiger partial charge in [0.15, 0.2) is 0 Å². The standard InChI is InChI=1S/C12H13N3O/c1-15(2)11-5-3-4-9-8(11)6-7-10(14-9)12(13)16/h3-7H,1-2H3,(H2,13,16). The summed E-state index contributed by atoms with van der Waals surface area (Å²) in [6.07, 6.45) is 0. The molecule has 0 spiro atoms. The fourth-order valence-electron chi connectivity index (χ4n) is 1.67. The molecule has 0 aliphatic carbocycles. The molecule has 0 atom stereocenters. The fourth-order valence-corrected chi connectivity index (χ4v) is 1.67. The third kappa shape index (κ3) is 1.69. The van der Waals surface area contributed by atoms with Crippen LogP contribution in [0, 0.1) is 0 Å². The maximum atomic E-state index is 11.0. The first-order valence-corrected chi connectivity index (χ1v) is 4.96. The first-order valence-electron chi connectivity index (χ1n) is 4.96. The van der Waals surface area contributed by atoms with E-state index in [1.54, 1.807) is 6.07 Å². The number of anilines is 1. The van der Waals surface area contributed by atoms with Crippen LogP contribution in [0.4, 0.5) is 5.69 Å². The zero-order valence-corrected chi connectivity index (χ0v) is 9.27. The van der Waals surface area contributed by atoms with Crippen molar-refractivity contribution in [1.82, 2.24) is 4.98 Å². The number of nitrogens with zero attached hydrogens (tertiary/aromatic N) is 2. The topological polar surface area (TPSA) is 59.2 Å². The van der Waals surface area contributed by atoms with E-state index < -0.39 is 5.91 Å². The Hall–Kier alpha value is -2.10. The van der Waals surface area contributed by atoms with Crippen molar-refractivity contribution in [2.45, 2.75) is 0 Å². The van der Waals surface area contributed by atoms with Gasteiger partial charge < -0.3 is 10.6 Å². The molecule has 4 heteroatoms. The van der Waals surface area contributed by atoms with Crippen LogP contribution >= 0.6 is 0 Å². The van der Waals surface area contributed by atoms with Gasteiger partial charge in [-0.3, -0.25) is 4.79 Å². The minimum atomic E-state index is -0.503. The molecule has 1 heterocycles. The van der Waals surface area contributed by atoms with E-state index in [0.717, 1.165) is 16.6 Å². The Balaban J connectivity index is 2.68. The van der Waals surface area contributed by atoms with Crippen molar-refractivity contribution in [3.05, 3.63) is 36.0 Å². The number of benzene rings is 1. The monoisotopic (exact) mass is 215 g/mol. The Morgan fingerprint density at radius 1 is 1.25 bits per heavy atom. The first-order chi connectivity index (χ1) is 7.59. The predicted octanol–water partition coefficient (Wildman–Crippen LogP) is 1.40. The van der Waals surface area contributed by atoms with Gasteiger partial charge in [0.05, 0.1) is 5.52 Å². The zero-order valence-electron chi connectivity index (χ0n) is 9.27. The van der Waals surface area contributed by atoms with Gasteiger partial charge in [0.1, 0.15) is 5.69 Å². The van der Waals surface area contributed by atoms with Crippen LogP contribution in [-0.4, -0.2) is 25.0 Å². The molecule has 2 N–H and O–H groups in total. The molecule has 0 aliphatic heterocycles. The van der Waals surface area contributed by atoms with E-state index >= 15 is 0 Å². The average Bonchev–Trinajstić information content (AvgIpc) is 2.27. The molecular formula is C12H13N3O. The number of carbonyl (C=O) groups excluding carboxylic acids is 1. The summed E-state index contributed by atoms with van der Waals surface area (Å²) in [4.78, 5) is 17.2. The Morgan fingerprint density at radius 2 is 2.00 bits per heavy atom. The zero-order chi connectivity index (χ0) is 11.7. The third-order valence-corrected chi connectivity index (χ3v) is 2.44. The number of hydrogen-bond donors (Lipinski definition) is 1. The lowest BCUT2D eigenvalue weighted by molar-refractivity contribution is 0.0996. The van der Waals surface area contributed by atoms with E-state index in [2.05, 4.69) is 4.98 Å². The van der Waals surface area contributed by atoms with Crippen LogP contribution in [-0.2, 0) is 0 Å². The summed E-state index contributed by atoms with van der Waals surface area (Å²) < 4.78 is 0. The smallest absolute Gasteiger partial charge is 0.267 e. The number of nitrogens with two attached hydrogens (primary N) is 1. The van der Waals surface area contributed by atoms with Gasteiger partial charge in [0.2, 0.25) is 0 Å². The Bertz CT molecular complexity index is 549. The summed E-state index contributed by atoms with van der Waals surface area (Å²) in [6, 6.07) is 9.31. The molecule has 1 aromatic heterocycles. The normalized spacial score (nSPS) is 10.4. The molecule has 0 saturated carbocycles. The molecule has 0 unspecified atom stereocenters. The fraction of sp³-hybridized carbons (Fsp3) is 0.167. The average molecular weight is 215 g/mol. The maximum Gasteiger partial charge on any atom is 0.267 e. The molecule has 16 heavy (non-hydrogen) atoms. The van der Waals surface area contributed by atoms with Crippen LogP contribution in [0.2, 0.25) is 0 Å². The van der Waals surface area contributed by atoms with E-state index in [1.165, 1.54) is 0 Å². The molecule has 82 valence electrons. The highest BCUT2D eigenvalue weighted by Gasteiger charge is 2.07. The van der Waals surface area contributed by atoms with Gasteiger partial charge in [0.25, 0.3) is 5.91 Å². The Labute approximate surface area is 93.7 Å². The number of fused-ring (bicyclic) bond motifs is 1. The molecular weight excluding hydrogens is 202 g/mol. The number of carbonyl (C=O) groups is 1. The molecule has 1 aromatic carbocycles. The van der Waals surface area contributed by atoms with Crippen LogP contribution < -0.4 is 10.6 Å². The number of rotatable bonds is 2. The van der Waals surface area contributed by atoms with Gasteiger partial charge in [-0.25, -0.2) is 4.98 Å². The first kappa shape index (κ1) is 10.4. The Morgan fingerprint density at radius 3 is 2.62 bits per heavy atom. The second kappa shape index (κ2) is 3.81. The van der Waals surface area contributed by atoms with Crippen LogP contribution in [0.5, 0.6) is 0 Å². The van der Waals surface area contributed by atoms with Crippen molar-refractivity contribution in [1.29, 1.82) is 0 Å². The lowest BCUT2D eigenvalue weighted by Crippen LogP contribution is -2.13. The van der Waals surface area contributed by atoms with Crippen molar-refractivity contribution in [3.8, 4) is 0 Å². The summed E-state index contributed by atoms with van der Waals surface area (Å²) >= 11 is 0. The molecule has 0 bridgehead atoms. The number of aromatic nitrogens is 1. The summed E-state index contributed by atoms with van der Waals surface area (Å²) in [5, 5.41) is 1.01. The van der Waals surface area contributed by atoms with E-state index in [4.69, 9.17) is 5.73 Å². The molecule has 1 amide bonds. The number of amides is 1. The molecule has 2 aromatic rings. The lowest BCUT2D eigenvalue weighted by Gasteiger charge is -2.14. The highest BCUT2D eigenvalue weighted by atomic mass is 16.1. The molecule has 4 nitrogen and oxygen atoms in total. The maximum absolute atomic E-state index is 11.0. The second-order valence-corrected chi connectivity index (χ2v) is 3.80. The molecule has 0 fully saturated rings. The van der Waals surface area contributed by atoms with Gasteiger partial charge >= 0.3 is 0 Å². The highest BCUT2D eigenvalue weighted by molar-refractivity contribution is 5.97. The molecule has 0 radical (unpaired) electrons. The third-order valence-electron chi connectivity index (χ3n) is 2.44. The van der Waals surface area contributed by atoms with Gasteiger partial charge in [0, 0.05) is 25.2 Å². The van der Waals surface area contributed by atoms with Crippen molar-refractivity contribution < 1.29 is 4.79 Å². The van der Waals surface area contributed by atoms with Gasteiger partial charge in [-0.1, -0.05) is 6.07 Å². The number of pyridine rings is 1. The second-order valence-electron chi connectivity index (χ2n) is 3.80. The van der Waals surface area contributed by atoms with E-state index in [-0.39, 0.29) is 0 Å². The SMILES string of the molecule is CN(C)c1cccc2nc(C(N)=O)ccc12. The van der Waals surface area contributed by atoms with E-state index in [9.17, 15) is 4.79 Å². The van der Waals surface area contributed by atoms with E-state index in [1.807, 2.05) is 43.3 Å². The number of primary amides is 1. The summed E-state index contributed by atoms with van der Waals surface area (Å²) in [5.41, 5.74) is 7.34. The van der Waals surface area contributed by atoms with Crippen molar-refractivity contribution in [2.75, 3.05) is 19.0 Å². The van der Waals surface area contributed by atoms with Gasteiger partial charge in [-0.15, -0.1) is 0 Å². The van der Waals surface area contributed by atoms with Crippen LogP contribution in [0.15, 0.2) is 30.3 Å². The van der Waals surface area contributed by atoms with Crippen LogP contribution in [0.25, 0.3) is 10.9 Å². The quantitative estimate of drug-likeness (QED) is 0.823. The van der Waals surface area contributed by atoms with Crippen molar-refractivity contribution in [2.24, 2.45) is 5.73 Å². The largest absolute Gasteiger partial charge is 0.377 e. The Kier molecular flexibility index (Phi) is 2.48. The van der Waals surface area contributed by atoms with Crippen molar-refractivity contribution >= 4 is 22.5 Å². The summed E-state index contributed by atoms with van der Waals surface area (Å²) in [5.74, 6) is -0.503. The number of hydrogen-bond acceptors (Lipinski definition) is 3.